The molecule has 33 heavy (non-hydrogen) atoms. The van der Waals surface area contributed by atoms with Gasteiger partial charge in [0.05, 0.1) is 16.8 Å². The van der Waals surface area contributed by atoms with Crippen LogP contribution in [0.2, 0.25) is 0 Å². The number of fused-ring (bicyclic) bond motifs is 2. The van der Waals surface area contributed by atoms with Crippen LogP contribution in [0.5, 0.6) is 0 Å². The lowest BCUT2D eigenvalue weighted by Gasteiger charge is -2.26. The van der Waals surface area contributed by atoms with Gasteiger partial charge in [0.15, 0.2) is 0 Å². The van der Waals surface area contributed by atoms with Gasteiger partial charge < -0.3 is 10.1 Å². The zero-order valence-corrected chi connectivity index (χ0v) is 19.6. The maximum Gasteiger partial charge on any atom is 0.419 e. The zero-order valence-electron chi connectivity index (χ0n) is 19.6. The lowest BCUT2D eigenvalue weighted by atomic mass is 10.0. The van der Waals surface area contributed by atoms with Gasteiger partial charge in [0.2, 0.25) is 0 Å². The van der Waals surface area contributed by atoms with Crippen LogP contribution >= 0.6 is 0 Å². The Bertz CT molecular complexity index is 1230. The Morgan fingerprint density at radius 1 is 1.06 bits per heavy atom. The molecule has 172 valence electrons. The van der Waals surface area contributed by atoms with E-state index in [1.54, 1.807) is 4.57 Å². The largest absolute Gasteiger partial charge is 0.443 e. The Hall–Kier alpha value is -3.12. The molecular weight excluding hydrogens is 414 g/mol. The summed E-state index contributed by atoms with van der Waals surface area (Å²) < 4.78 is 7.38. The van der Waals surface area contributed by atoms with Crippen molar-refractivity contribution in [3.63, 3.8) is 0 Å². The Morgan fingerprint density at radius 3 is 2.61 bits per heavy atom. The van der Waals surface area contributed by atoms with Gasteiger partial charge in [0.1, 0.15) is 5.60 Å². The molecule has 1 saturated heterocycles. The van der Waals surface area contributed by atoms with Crippen molar-refractivity contribution in [2.45, 2.75) is 58.7 Å². The van der Waals surface area contributed by atoms with Gasteiger partial charge in [-0.2, -0.15) is 0 Å². The molecule has 0 unspecified atom stereocenters. The van der Waals surface area contributed by atoms with Gasteiger partial charge >= 0.3 is 6.09 Å². The van der Waals surface area contributed by atoms with Gasteiger partial charge in [0, 0.05) is 24.0 Å². The second-order valence-electron chi connectivity index (χ2n) is 10.1. The zero-order chi connectivity index (χ0) is 23.2. The molecule has 1 fully saturated rings. The number of nitrogens with one attached hydrogen (secondary N) is 1. The van der Waals surface area contributed by atoms with Crippen LogP contribution in [-0.2, 0) is 17.8 Å². The van der Waals surface area contributed by atoms with Gasteiger partial charge in [-0.05, 0) is 76.0 Å². The second-order valence-corrected chi connectivity index (χ2v) is 10.1. The van der Waals surface area contributed by atoms with Crippen molar-refractivity contribution in [1.82, 2.24) is 14.8 Å². The smallest absolute Gasteiger partial charge is 0.419 e. The van der Waals surface area contributed by atoms with E-state index in [0.29, 0.717) is 17.8 Å². The molecule has 3 heterocycles. The predicted molar refractivity (Wildman–Crippen MR) is 129 cm³/mol. The van der Waals surface area contributed by atoms with Crippen LogP contribution in [0, 0.1) is 0 Å². The minimum absolute atomic E-state index is 0.104. The number of piperidine rings is 1. The molecule has 1 N–H and O–H groups in total. The van der Waals surface area contributed by atoms with E-state index in [-0.39, 0.29) is 5.91 Å². The second kappa shape index (κ2) is 8.34. The van der Waals surface area contributed by atoms with Crippen LogP contribution in [-0.4, -0.2) is 40.2 Å². The standard InChI is InChI=1S/C27H31N3O3/c1-27(2,3)33-26(32)30-22-11-10-18(17-29-12-5-4-6-13-29)14-20(22)15-23(30)21-9-7-8-19-16-28-25(31)24(19)21/h7-11,14-15H,4-6,12-13,16-17H2,1-3H3,(H,28,31). The van der Waals surface area contributed by atoms with Crippen molar-refractivity contribution in [2.75, 3.05) is 13.1 Å². The Morgan fingerprint density at radius 2 is 1.85 bits per heavy atom. The van der Waals surface area contributed by atoms with Crippen LogP contribution in [0.25, 0.3) is 22.2 Å². The fraction of sp³-hybridized carbons (Fsp3) is 0.407. The maximum atomic E-state index is 13.3. The number of carbonyl (C=O) groups excluding carboxylic acids is 2. The first-order valence-corrected chi connectivity index (χ1v) is 11.8. The number of benzene rings is 2. The van der Waals surface area contributed by atoms with Crippen molar-refractivity contribution in [2.24, 2.45) is 0 Å². The third kappa shape index (κ3) is 4.27. The van der Waals surface area contributed by atoms with Crippen LogP contribution < -0.4 is 5.32 Å². The minimum atomic E-state index is -0.630. The number of nitrogens with zero attached hydrogens (tertiary/aromatic N) is 2. The number of amides is 1. The van der Waals surface area contributed by atoms with Crippen molar-refractivity contribution >= 4 is 22.9 Å². The molecule has 0 bridgehead atoms. The van der Waals surface area contributed by atoms with E-state index in [1.165, 1.54) is 24.8 Å². The lowest BCUT2D eigenvalue weighted by molar-refractivity contribution is 0.0547. The van der Waals surface area contributed by atoms with E-state index in [9.17, 15) is 9.59 Å². The van der Waals surface area contributed by atoms with Crippen molar-refractivity contribution in [3.05, 3.63) is 59.2 Å². The van der Waals surface area contributed by atoms with Crippen LogP contribution in [0.1, 0.15) is 61.5 Å². The molecule has 2 aliphatic rings. The number of hydrogen-bond donors (Lipinski definition) is 1. The summed E-state index contributed by atoms with van der Waals surface area (Å²) in [6, 6.07) is 14.1. The molecule has 6 heteroatoms. The Labute approximate surface area is 194 Å². The third-order valence-electron chi connectivity index (χ3n) is 6.39. The summed E-state index contributed by atoms with van der Waals surface area (Å²) in [7, 11) is 0. The molecular formula is C27H31N3O3. The predicted octanol–water partition coefficient (Wildman–Crippen LogP) is 5.32. The number of ether oxygens (including phenoxy) is 1. The van der Waals surface area contributed by atoms with Crippen molar-refractivity contribution in [1.29, 1.82) is 0 Å². The lowest BCUT2D eigenvalue weighted by Crippen LogP contribution is -2.29. The minimum Gasteiger partial charge on any atom is -0.443 e. The van der Waals surface area contributed by atoms with E-state index < -0.39 is 11.7 Å². The van der Waals surface area contributed by atoms with Crippen LogP contribution in [0.4, 0.5) is 4.79 Å². The van der Waals surface area contributed by atoms with Gasteiger partial charge in [-0.1, -0.05) is 30.7 Å². The summed E-state index contributed by atoms with van der Waals surface area (Å²) in [4.78, 5) is 28.5. The number of likely N-dealkylation sites (tertiary alicyclic amines) is 1. The summed E-state index contributed by atoms with van der Waals surface area (Å²) in [5, 5.41) is 3.87. The van der Waals surface area contributed by atoms with E-state index in [2.05, 4.69) is 22.3 Å². The number of hydrogen-bond acceptors (Lipinski definition) is 4. The molecule has 0 aliphatic carbocycles. The SMILES string of the molecule is CC(C)(C)OC(=O)n1c(-c2cccc3c2C(=O)NC3)cc2cc(CN3CCCCC3)ccc21. The molecule has 3 aromatic rings. The molecule has 0 atom stereocenters. The highest BCUT2D eigenvalue weighted by Gasteiger charge is 2.28. The molecule has 5 rings (SSSR count). The topological polar surface area (TPSA) is 63.6 Å². The summed E-state index contributed by atoms with van der Waals surface area (Å²) >= 11 is 0. The summed E-state index contributed by atoms with van der Waals surface area (Å²) in [5.41, 5.74) is 4.41. The van der Waals surface area contributed by atoms with Crippen molar-refractivity contribution in [3.8, 4) is 11.3 Å². The van der Waals surface area contributed by atoms with E-state index in [4.69, 9.17) is 4.74 Å². The fourth-order valence-electron chi connectivity index (χ4n) is 4.93. The number of aromatic nitrogens is 1. The molecule has 0 radical (unpaired) electrons. The van der Waals surface area contributed by atoms with E-state index in [1.807, 2.05) is 51.1 Å². The highest BCUT2D eigenvalue weighted by molar-refractivity contribution is 6.06. The highest BCUT2D eigenvalue weighted by Crippen LogP contribution is 2.35. The molecule has 2 aliphatic heterocycles. The van der Waals surface area contributed by atoms with Crippen LogP contribution in [0.3, 0.4) is 0 Å². The summed E-state index contributed by atoms with van der Waals surface area (Å²) in [6.07, 6.45) is 3.38. The number of rotatable bonds is 3. The Kier molecular flexibility index (Phi) is 5.49. The van der Waals surface area contributed by atoms with E-state index in [0.717, 1.165) is 41.7 Å². The van der Waals surface area contributed by atoms with Gasteiger partial charge in [-0.25, -0.2) is 9.36 Å². The normalized spacial score (nSPS) is 16.6. The molecule has 1 amide bonds. The molecule has 0 spiro atoms. The van der Waals surface area contributed by atoms with Gasteiger partial charge in [-0.3, -0.25) is 9.69 Å². The van der Waals surface area contributed by atoms with E-state index >= 15 is 0 Å². The quantitative estimate of drug-likeness (QED) is 0.593. The average Bonchev–Trinajstić information content (AvgIpc) is 3.34. The van der Waals surface area contributed by atoms with Crippen molar-refractivity contribution < 1.29 is 14.3 Å². The highest BCUT2D eigenvalue weighted by atomic mass is 16.6. The monoisotopic (exact) mass is 445 g/mol. The first kappa shape index (κ1) is 21.7. The maximum absolute atomic E-state index is 13.3. The molecule has 2 aromatic carbocycles. The molecule has 6 nitrogen and oxygen atoms in total. The first-order valence-electron chi connectivity index (χ1n) is 11.8. The first-order chi connectivity index (χ1) is 15.8. The van der Waals surface area contributed by atoms with Gasteiger partial charge in [-0.15, -0.1) is 0 Å². The summed E-state index contributed by atoms with van der Waals surface area (Å²) in [6.45, 7) is 9.27. The number of carbonyl (C=O) groups is 2. The average molecular weight is 446 g/mol. The fourth-order valence-corrected chi connectivity index (χ4v) is 4.93. The molecule has 0 saturated carbocycles. The Balaban J connectivity index is 1.63. The van der Waals surface area contributed by atoms with Crippen LogP contribution in [0.15, 0.2) is 42.5 Å². The van der Waals surface area contributed by atoms with Gasteiger partial charge in [0.25, 0.3) is 5.91 Å². The summed E-state index contributed by atoms with van der Waals surface area (Å²) in [5.74, 6) is -0.104. The third-order valence-corrected chi connectivity index (χ3v) is 6.39. The molecule has 1 aromatic heterocycles.